The van der Waals surface area contributed by atoms with Gasteiger partial charge in [-0.25, -0.2) is 27.8 Å². The van der Waals surface area contributed by atoms with E-state index in [9.17, 15) is 13.2 Å². The highest BCUT2D eigenvalue weighted by Gasteiger charge is 2.39. The number of carbonyl (C=O) groups excluding carboxylic acids is 1. The summed E-state index contributed by atoms with van der Waals surface area (Å²) in [5, 5.41) is 0. The summed E-state index contributed by atoms with van der Waals surface area (Å²) in [6, 6.07) is 1.32. The summed E-state index contributed by atoms with van der Waals surface area (Å²) in [6.45, 7) is 5.72. The minimum absolute atomic E-state index is 0.0287. The summed E-state index contributed by atoms with van der Waals surface area (Å²) < 4.78 is 32.3. The van der Waals surface area contributed by atoms with Crippen LogP contribution in [0.4, 0.5) is 10.5 Å². The molecule has 2 heterocycles. The molecule has 7 nitrogen and oxygen atoms in total. The first-order chi connectivity index (χ1) is 10.8. The molecule has 1 aliphatic heterocycles. The minimum atomic E-state index is -3.81. The molecule has 1 aromatic heterocycles. The van der Waals surface area contributed by atoms with Crippen molar-refractivity contribution in [2.24, 2.45) is 4.99 Å². The predicted octanol–water partition coefficient (Wildman–Crippen LogP) is 3.20. The molecule has 10 heteroatoms. The molecule has 0 saturated carbocycles. The molecule has 0 bridgehead atoms. The van der Waals surface area contributed by atoms with E-state index in [4.69, 9.17) is 16.3 Å². The number of hydrogen-bond acceptors (Lipinski definition) is 6. The van der Waals surface area contributed by atoms with Crippen molar-refractivity contribution in [1.29, 1.82) is 0 Å². The van der Waals surface area contributed by atoms with Gasteiger partial charge in [-0.3, -0.25) is 0 Å². The lowest BCUT2D eigenvalue weighted by Gasteiger charge is -2.28. The fourth-order valence-corrected chi connectivity index (χ4v) is 4.92. The number of hydrogen-bond donors (Lipinski definition) is 1. The van der Waals surface area contributed by atoms with Crippen molar-refractivity contribution in [2.45, 2.75) is 43.9 Å². The summed E-state index contributed by atoms with van der Waals surface area (Å²) >= 11 is 6.82. The number of fused-ring (bicyclic) bond motifs is 1. The van der Waals surface area contributed by atoms with Gasteiger partial charge in [-0.2, -0.15) is 0 Å². The van der Waals surface area contributed by atoms with Gasteiger partial charge in [0.25, 0.3) is 10.0 Å². The molecule has 0 radical (unpaired) electrons. The third kappa shape index (κ3) is 3.61. The highest BCUT2D eigenvalue weighted by atomic mass is 35.5. The van der Waals surface area contributed by atoms with Gasteiger partial charge in [-0.05, 0) is 25.8 Å². The van der Waals surface area contributed by atoms with Gasteiger partial charge < -0.3 is 4.74 Å². The molecule has 0 aliphatic carbocycles. The molecular formula is C13H18ClN3O4S2. The van der Waals surface area contributed by atoms with Crippen LogP contribution >= 0.6 is 22.9 Å². The number of carbonyl (C=O) groups is 1. The van der Waals surface area contributed by atoms with Crippen LogP contribution in [-0.2, 0) is 14.8 Å². The van der Waals surface area contributed by atoms with E-state index < -0.39 is 16.1 Å². The Bertz CT molecular complexity index is 726. The van der Waals surface area contributed by atoms with Crippen molar-refractivity contribution >= 4 is 50.7 Å². The van der Waals surface area contributed by atoms with Crippen LogP contribution in [0.1, 0.15) is 33.6 Å². The lowest BCUT2D eigenvalue weighted by Crippen LogP contribution is -2.51. The number of thiophene rings is 1. The first-order valence-corrected chi connectivity index (χ1v) is 9.88. The van der Waals surface area contributed by atoms with E-state index in [1.165, 1.54) is 6.07 Å². The smallest absolute Gasteiger partial charge is 0.421 e. The molecule has 23 heavy (non-hydrogen) atoms. The number of rotatable bonds is 4. The molecule has 1 aromatic rings. The zero-order chi connectivity index (χ0) is 17.2. The molecule has 1 aliphatic rings. The van der Waals surface area contributed by atoms with Crippen molar-refractivity contribution in [3.63, 3.8) is 0 Å². The van der Waals surface area contributed by atoms with Gasteiger partial charge in [0.1, 0.15) is 0 Å². The van der Waals surface area contributed by atoms with Crippen molar-refractivity contribution in [2.75, 3.05) is 11.5 Å². The Hall–Kier alpha value is -1.32. The summed E-state index contributed by atoms with van der Waals surface area (Å²) in [5.74, 6) is -0.0564. The third-order valence-corrected chi connectivity index (χ3v) is 6.37. The Labute approximate surface area is 144 Å². The molecule has 0 unspecified atom stereocenters. The molecule has 1 amide bonds. The van der Waals surface area contributed by atoms with E-state index in [1.807, 2.05) is 13.8 Å². The molecular weight excluding hydrogens is 362 g/mol. The normalized spacial score (nSPS) is 18.0. The van der Waals surface area contributed by atoms with Gasteiger partial charge in [0.05, 0.1) is 22.7 Å². The molecule has 128 valence electrons. The van der Waals surface area contributed by atoms with Crippen LogP contribution in [0.5, 0.6) is 0 Å². The van der Waals surface area contributed by atoms with Gasteiger partial charge in [0.15, 0.2) is 4.21 Å². The fraction of sp³-hybridized carbons (Fsp3) is 0.538. The van der Waals surface area contributed by atoms with Gasteiger partial charge in [-0.1, -0.05) is 25.4 Å². The Morgan fingerprint density at radius 3 is 2.65 bits per heavy atom. The van der Waals surface area contributed by atoms with Gasteiger partial charge in [0.2, 0.25) is 5.96 Å². The Morgan fingerprint density at radius 2 is 2.09 bits per heavy atom. The predicted molar refractivity (Wildman–Crippen MR) is 91.0 cm³/mol. The largest absolute Gasteiger partial charge is 0.449 e. The average Bonchev–Trinajstić information content (AvgIpc) is 2.87. The summed E-state index contributed by atoms with van der Waals surface area (Å²) in [5.41, 5.74) is 0.168. The molecule has 0 fully saturated rings. The van der Waals surface area contributed by atoms with E-state index in [-0.39, 0.29) is 32.8 Å². The van der Waals surface area contributed by atoms with Crippen LogP contribution in [0.2, 0.25) is 4.34 Å². The fourth-order valence-electron chi connectivity index (χ4n) is 2.11. The molecule has 0 aromatic carbocycles. The lowest BCUT2D eigenvalue weighted by molar-refractivity contribution is 0.163. The van der Waals surface area contributed by atoms with Crippen LogP contribution in [0.25, 0.3) is 0 Å². The molecule has 2 rings (SSSR count). The lowest BCUT2D eigenvalue weighted by atomic mass is 10.2. The first-order valence-electron chi connectivity index (χ1n) is 7.20. The zero-order valence-corrected chi connectivity index (χ0v) is 15.4. The van der Waals surface area contributed by atoms with Gasteiger partial charge >= 0.3 is 6.09 Å². The number of amides is 1. The number of halogens is 1. The molecule has 0 spiro atoms. The van der Waals surface area contributed by atoms with E-state index in [2.05, 4.69) is 9.71 Å². The topological polar surface area (TPSA) is 88.1 Å². The Kier molecular flexibility index (Phi) is 5.53. The number of ether oxygens (including phenoxy) is 1. The second-order valence-electron chi connectivity index (χ2n) is 4.79. The van der Waals surface area contributed by atoms with Crippen LogP contribution < -0.4 is 9.62 Å². The Balaban J connectivity index is 2.60. The summed E-state index contributed by atoms with van der Waals surface area (Å²) in [7, 11) is -3.81. The molecule has 0 saturated heterocycles. The maximum absolute atomic E-state index is 12.4. The average molecular weight is 380 g/mol. The minimum Gasteiger partial charge on any atom is -0.449 e. The Morgan fingerprint density at radius 1 is 1.43 bits per heavy atom. The van der Waals surface area contributed by atoms with Gasteiger partial charge in [-0.15, -0.1) is 11.3 Å². The molecule has 0 atom stereocenters. The summed E-state index contributed by atoms with van der Waals surface area (Å²) in [6.07, 6.45) is 0.737. The highest BCUT2D eigenvalue weighted by molar-refractivity contribution is 7.92. The molecule has 1 N–H and O–H groups in total. The van der Waals surface area contributed by atoms with E-state index in [0.717, 1.165) is 29.1 Å². The number of anilines is 1. The van der Waals surface area contributed by atoms with E-state index in [0.29, 0.717) is 0 Å². The van der Waals surface area contributed by atoms with Crippen molar-refractivity contribution < 1.29 is 17.9 Å². The monoisotopic (exact) mass is 379 g/mol. The van der Waals surface area contributed by atoms with Gasteiger partial charge in [0, 0.05) is 0 Å². The number of aliphatic imine (C=N–C) groups is 1. The van der Waals surface area contributed by atoms with Crippen molar-refractivity contribution in [3.8, 4) is 0 Å². The van der Waals surface area contributed by atoms with Crippen molar-refractivity contribution in [1.82, 2.24) is 4.72 Å². The van der Waals surface area contributed by atoms with E-state index in [1.54, 1.807) is 6.92 Å². The highest BCUT2D eigenvalue weighted by Crippen LogP contribution is 2.40. The number of sulfonamides is 1. The van der Waals surface area contributed by atoms with Crippen LogP contribution in [0, 0.1) is 0 Å². The first kappa shape index (κ1) is 18.0. The summed E-state index contributed by atoms with van der Waals surface area (Å²) in [4.78, 5) is 17.8. The van der Waals surface area contributed by atoms with Crippen LogP contribution in [0.15, 0.2) is 15.3 Å². The van der Waals surface area contributed by atoms with Crippen molar-refractivity contribution in [3.05, 3.63) is 10.4 Å². The second kappa shape index (κ2) is 7.06. The maximum atomic E-state index is 12.4. The number of guanidine groups is 1. The second-order valence-corrected chi connectivity index (χ2v) is 8.35. The standard InChI is InChI=1S/C13H18ClN3O4S2/c1-4-8(5-2)15-12-16-23(19,20)11-9(7-10(14)22-11)17(12)13(18)21-6-3/h7-8H,4-6H2,1-3H3,(H,15,16). The third-order valence-electron chi connectivity index (χ3n) is 3.27. The SMILES string of the molecule is CCOC(=O)N1C(=NC(CC)CC)NS(=O)(=O)c2sc(Cl)cc21. The number of nitrogens with one attached hydrogen (secondary N) is 1. The van der Waals surface area contributed by atoms with Crippen LogP contribution in [-0.4, -0.2) is 33.1 Å². The zero-order valence-electron chi connectivity index (χ0n) is 13.0. The maximum Gasteiger partial charge on any atom is 0.421 e. The quantitative estimate of drug-likeness (QED) is 0.869. The van der Waals surface area contributed by atoms with E-state index >= 15 is 0 Å². The number of nitrogens with zero attached hydrogens (tertiary/aromatic N) is 2. The van der Waals surface area contributed by atoms with Crippen LogP contribution in [0.3, 0.4) is 0 Å².